The maximum Gasteiger partial charge on any atom is 0.161 e. The zero-order chi connectivity index (χ0) is 18.8. The highest BCUT2D eigenvalue weighted by atomic mass is 16.5. The molecular weight excluding hydrogens is 336 g/mol. The van der Waals surface area contributed by atoms with Gasteiger partial charge in [0.05, 0.1) is 14.2 Å². The van der Waals surface area contributed by atoms with Crippen LogP contribution in [0, 0.1) is 0 Å². The summed E-state index contributed by atoms with van der Waals surface area (Å²) in [6.45, 7) is 2.19. The van der Waals surface area contributed by atoms with Crippen LogP contribution in [0.5, 0.6) is 11.5 Å². The summed E-state index contributed by atoms with van der Waals surface area (Å²) in [6.07, 6.45) is 4.59. The third-order valence-electron chi connectivity index (χ3n) is 4.95. The van der Waals surface area contributed by atoms with E-state index in [1.165, 1.54) is 22.1 Å². The number of aryl methyl sites for hydroxylation is 1. The summed E-state index contributed by atoms with van der Waals surface area (Å²) in [6, 6.07) is 16.6. The molecule has 4 heteroatoms. The molecule has 0 saturated heterocycles. The van der Waals surface area contributed by atoms with Gasteiger partial charge >= 0.3 is 0 Å². The molecule has 0 aliphatic heterocycles. The first-order valence-electron chi connectivity index (χ1n) is 9.02. The Hall–Kier alpha value is -3.27. The Bertz CT molecular complexity index is 1080. The highest BCUT2D eigenvalue weighted by Gasteiger charge is 2.15. The minimum Gasteiger partial charge on any atom is -0.493 e. The van der Waals surface area contributed by atoms with Crippen molar-refractivity contribution in [3.05, 3.63) is 66.5 Å². The monoisotopic (exact) mass is 358 g/mol. The van der Waals surface area contributed by atoms with Crippen molar-refractivity contribution in [1.82, 2.24) is 9.97 Å². The van der Waals surface area contributed by atoms with Crippen molar-refractivity contribution in [3.63, 3.8) is 0 Å². The van der Waals surface area contributed by atoms with E-state index in [2.05, 4.69) is 41.2 Å². The van der Waals surface area contributed by atoms with Crippen molar-refractivity contribution in [1.29, 1.82) is 0 Å². The lowest BCUT2D eigenvalue weighted by atomic mass is 10.00. The molecule has 27 heavy (non-hydrogen) atoms. The summed E-state index contributed by atoms with van der Waals surface area (Å²) in [7, 11) is 3.31. The molecule has 1 N–H and O–H groups in total. The molecule has 4 aromatic rings. The van der Waals surface area contributed by atoms with E-state index in [0.717, 1.165) is 34.7 Å². The second-order valence-corrected chi connectivity index (χ2v) is 6.40. The van der Waals surface area contributed by atoms with Crippen molar-refractivity contribution >= 4 is 10.9 Å². The number of ether oxygens (including phenoxy) is 2. The largest absolute Gasteiger partial charge is 0.493 e. The van der Waals surface area contributed by atoms with E-state index >= 15 is 0 Å². The minimum atomic E-state index is 0.730. The summed E-state index contributed by atoms with van der Waals surface area (Å²) in [5.74, 6) is 1.46. The predicted octanol–water partition coefficient (Wildman–Crippen LogP) is 5.48. The van der Waals surface area contributed by atoms with E-state index in [0.29, 0.717) is 0 Å². The standard InChI is InChI=1S/C23H22N2O2/c1-4-18-19-13-16(15-9-11-24-12-10-15)5-7-20(19)25-23(18)17-6-8-21(26-2)22(14-17)27-3/h5-14,25H,4H2,1-3H3. The predicted molar refractivity (Wildman–Crippen MR) is 109 cm³/mol. The Morgan fingerprint density at radius 1 is 0.815 bits per heavy atom. The fraction of sp³-hybridized carbons (Fsp3) is 0.174. The average molecular weight is 358 g/mol. The van der Waals surface area contributed by atoms with Crippen LogP contribution in [0.15, 0.2) is 60.9 Å². The number of benzene rings is 2. The highest BCUT2D eigenvalue weighted by molar-refractivity contribution is 5.94. The van der Waals surface area contributed by atoms with Crippen LogP contribution in [-0.4, -0.2) is 24.2 Å². The van der Waals surface area contributed by atoms with Gasteiger partial charge in [-0.05, 0) is 65.6 Å². The van der Waals surface area contributed by atoms with E-state index in [1.54, 1.807) is 14.2 Å². The second-order valence-electron chi connectivity index (χ2n) is 6.40. The van der Waals surface area contributed by atoms with Crippen molar-refractivity contribution in [2.45, 2.75) is 13.3 Å². The maximum absolute atomic E-state index is 5.48. The van der Waals surface area contributed by atoms with Gasteiger partial charge in [0.2, 0.25) is 0 Å². The summed E-state index contributed by atoms with van der Waals surface area (Å²) < 4.78 is 10.8. The van der Waals surface area contributed by atoms with Crippen molar-refractivity contribution in [3.8, 4) is 33.9 Å². The van der Waals surface area contributed by atoms with Crippen LogP contribution in [-0.2, 0) is 6.42 Å². The van der Waals surface area contributed by atoms with Gasteiger partial charge < -0.3 is 14.5 Å². The molecule has 2 heterocycles. The fourth-order valence-corrected chi connectivity index (χ4v) is 3.58. The van der Waals surface area contributed by atoms with Crippen LogP contribution < -0.4 is 9.47 Å². The number of fused-ring (bicyclic) bond motifs is 1. The van der Waals surface area contributed by atoms with Crippen LogP contribution in [0.2, 0.25) is 0 Å². The van der Waals surface area contributed by atoms with Crippen molar-refractivity contribution < 1.29 is 9.47 Å². The van der Waals surface area contributed by atoms with Gasteiger partial charge in [-0.1, -0.05) is 13.0 Å². The molecule has 2 aromatic carbocycles. The Balaban J connectivity index is 1.87. The van der Waals surface area contributed by atoms with E-state index in [9.17, 15) is 0 Å². The lowest BCUT2D eigenvalue weighted by molar-refractivity contribution is 0.355. The van der Waals surface area contributed by atoms with Crippen molar-refractivity contribution in [2.75, 3.05) is 14.2 Å². The van der Waals surface area contributed by atoms with E-state index < -0.39 is 0 Å². The normalized spacial score (nSPS) is 10.9. The topological polar surface area (TPSA) is 47.1 Å². The smallest absolute Gasteiger partial charge is 0.161 e. The first-order chi connectivity index (χ1) is 13.2. The second kappa shape index (κ2) is 7.16. The molecule has 4 nitrogen and oxygen atoms in total. The Morgan fingerprint density at radius 3 is 2.26 bits per heavy atom. The number of aromatic amines is 1. The highest BCUT2D eigenvalue weighted by Crippen LogP contribution is 2.37. The number of hydrogen-bond acceptors (Lipinski definition) is 3. The van der Waals surface area contributed by atoms with Crippen LogP contribution >= 0.6 is 0 Å². The molecule has 0 fully saturated rings. The third kappa shape index (κ3) is 3.04. The zero-order valence-corrected chi connectivity index (χ0v) is 15.7. The van der Waals surface area contributed by atoms with Crippen LogP contribution in [0.3, 0.4) is 0 Å². The summed E-state index contributed by atoms with van der Waals surface area (Å²) in [5.41, 5.74) is 7.01. The van der Waals surface area contributed by atoms with Gasteiger partial charge in [-0.25, -0.2) is 0 Å². The first kappa shape index (κ1) is 17.2. The van der Waals surface area contributed by atoms with Gasteiger partial charge in [0.15, 0.2) is 11.5 Å². The lowest BCUT2D eigenvalue weighted by Crippen LogP contribution is -1.92. The Morgan fingerprint density at radius 2 is 1.56 bits per heavy atom. The molecule has 4 rings (SSSR count). The molecule has 0 radical (unpaired) electrons. The van der Waals surface area contributed by atoms with Gasteiger partial charge in [0, 0.05) is 34.6 Å². The quantitative estimate of drug-likeness (QED) is 0.514. The molecule has 0 aliphatic carbocycles. The van der Waals surface area contributed by atoms with E-state index in [4.69, 9.17) is 9.47 Å². The molecular formula is C23H22N2O2. The molecule has 0 spiro atoms. The molecule has 0 aliphatic rings. The fourth-order valence-electron chi connectivity index (χ4n) is 3.58. The molecule has 0 bridgehead atoms. The van der Waals surface area contributed by atoms with E-state index in [1.807, 2.05) is 36.7 Å². The summed E-state index contributed by atoms with van der Waals surface area (Å²) in [4.78, 5) is 7.70. The van der Waals surface area contributed by atoms with Crippen molar-refractivity contribution in [2.24, 2.45) is 0 Å². The minimum absolute atomic E-state index is 0.730. The number of aromatic nitrogens is 2. The SMILES string of the molecule is CCc1c(-c2ccc(OC)c(OC)c2)[nH]c2ccc(-c3ccncc3)cc12. The summed E-state index contributed by atoms with van der Waals surface area (Å²) >= 11 is 0. The molecule has 0 unspecified atom stereocenters. The number of hydrogen-bond donors (Lipinski definition) is 1. The van der Waals surface area contributed by atoms with Crippen LogP contribution in [0.4, 0.5) is 0 Å². The number of methoxy groups -OCH3 is 2. The molecule has 0 atom stereocenters. The molecule has 136 valence electrons. The average Bonchev–Trinajstić information content (AvgIpc) is 3.11. The van der Waals surface area contributed by atoms with Crippen LogP contribution in [0.25, 0.3) is 33.3 Å². The van der Waals surface area contributed by atoms with E-state index in [-0.39, 0.29) is 0 Å². The molecule has 2 aromatic heterocycles. The third-order valence-corrected chi connectivity index (χ3v) is 4.95. The number of nitrogens with one attached hydrogen (secondary N) is 1. The number of nitrogens with zero attached hydrogens (tertiary/aromatic N) is 1. The molecule has 0 amide bonds. The maximum atomic E-state index is 5.48. The zero-order valence-electron chi connectivity index (χ0n) is 15.7. The molecule has 0 saturated carbocycles. The Kier molecular flexibility index (Phi) is 4.55. The van der Waals surface area contributed by atoms with Gasteiger partial charge in [0.25, 0.3) is 0 Å². The summed E-state index contributed by atoms with van der Waals surface area (Å²) in [5, 5.41) is 1.25. The van der Waals surface area contributed by atoms with Crippen LogP contribution in [0.1, 0.15) is 12.5 Å². The van der Waals surface area contributed by atoms with Gasteiger partial charge in [-0.15, -0.1) is 0 Å². The van der Waals surface area contributed by atoms with Gasteiger partial charge in [-0.3, -0.25) is 4.98 Å². The number of H-pyrrole nitrogens is 1. The number of pyridine rings is 1. The van der Waals surface area contributed by atoms with Gasteiger partial charge in [-0.2, -0.15) is 0 Å². The first-order valence-corrected chi connectivity index (χ1v) is 9.02. The lowest BCUT2D eigenvalue weighted by Gasteiger charge is -2.10. The Labute approximate surface area is 158 Å². The van der Waals surface area contributed by atoms with Gasteiger partial charge in [0.1, 0.15) is 0 Å². The number of rotatable bonds is 5.